The van der Waals surface area contributed by atoms with Gasteiger partial charge in [-0.15, -0.1) is 0 Å². The molecule has 0 unspecified atom stereocenters. The van der Waals surface area contributed by atoms with Crippen LogP contribution in [0.5, 0.6) is 0 Å². The highest BCUT2D eigenvalue weighted by Crippen LogP contribution is 2.32. The lowest BCUT2D eigenvalue weighted by Gasteiger charge is -2.25. The Morgan fingerprint density at radius 1 is 0.882 bits per heavy atom. The van der Waals surface area contributed by atoms with Crippen molar-refractivity contribution in [3.8, 4) is 6.07 Å². The molecule has 0 atom stereocenters. The van der Waals surface area contributed by atoms with Gasteiger partial charge in [0.25, 0.3) is 0 Å². The van der Waals surface area contributed by atoms with Crippen molar-refractivity contribution in [2.75, 3.05) is 7.11 Å². The monoisotopic (exact) mass is 223 g/mol. The molecule has 0 bridgehead atoms. The number of hydrogen-bond acceptors (Lipinski definition) is 2. The number of benzene rings is 2. The van der Waals surface area contributed by atoms with Gasteiger partial charge in [0.05, 0.1) is 0 Å². The van der Waals surface area contributed by atoms with Gasteiger partial charge in [0.2, 0.25) is 5.60 Å². The molecule has 0 fully saturated rings. The SMILES string of the molecule is COC(C#N)(c1ccccc1)c1ccccc1. The molecule has 0 spiro atoms. The van der Waals surface area contributed by atoms with Gasteiger partial charge in [-0.2, -0.15) is 5.26 Å². The molecule has 0 saturated heterocycles. The second-order valence-electron chi connectivity index (χ2n) is 3.73. The van der Waals surface area contributed by atoms with Gasteiger partial charge in [-0.3, -0.25) is 0 Å². The summed E-state index contributed by atoms with van der Waals surface area (Å²) in [5.41, 5.74) is 0.662. The van der Waals surface area contributed by atoms with Crippen molar-refractivity contribution in [3.63, 3.8) is 0 Å². The number of nitrogens with zero attached hydrogens (tertiary/aromatic N) is 1. The third-order valence-electron chi connectivity index (χ3n) is 2.82. The number of hydrogen-bond donors (Lipinski definition) is 0. The molecule has 2 aromatic rings. The smallest absolute Gasteiger partial charge is 0.205 e. The van der Waals surface area contributed by atoms with E-state index in [2.05, 4.69) is 6.07 Å². The van der Waals surface area contributed by atoms with Crippen LogP contribution in [0.25, 0.3) is 0 Å². The molecule has 0 radical (unpaired) electrons. The van der Waals surface area contributed by atoms with Crippen LogP contribution in [0.4, 0.5) is 0 Å². The summed E-state index contributed by atoms with van der Waals surface area (Å²) in [6.45, 7) is 0. The maximum absolute atomic E-state index is 9.51. The maximum atomic E-state index is 9.51. The molecule has 0 N–H and O–H groups in total. The van der Waals surface area contributed by atoms with Crippen LogP contribution in [0.3, 0.4) is 0 Å². The van der Waals surface area contributed by atoms with Crippen LogP contribution in [0.15, 0.2) is 60.7 Å². The van der Waals surface area contributed by atoms with Crippen molar-refractivity contribution >= 4 is 0 Å². The summed E-state index contributed by atoms with van der Waals surface area (Å²) >= 11 is 0. The van der Waals surface area contributed by atoms with Crippen molar-refractivity contribution in [1.29, 1.82) is 5.26 Å². The molecule has 0 aliphatic rings. The molecule has 2 aromatic carbocycles. The molecule has 0 amide bonds. The first-order valence-electron chi connectivity index (χ1n) is 5.41. The van der Waals surface area contributed by atoms with Gasteiger partial charge in [0.15, 0.2) is 0 Å². The zero-order valence-corrected chi connectivity index (χ0v) is 9.63. The van der Waals surface area contributed by atoms with Gasteiger partial charge < -0.3 is 4.74 Å². The average molecular weight is 223 g/mol. The lowest BCUT2D eigenvalue weighted by atomic mass is 9.87. The molecule has 0 aliphatic carbocycles. The highest BCUT2D eigenvalue weighted by Gasteiger charge is 2.34. The van der Waals surface area contributed by atoms with Gasteiger partial charge in [0.1, 0.15) is 6.07 Å². The predicted molar refractivity (Wildman–Crippen MR) is 66.3 cm³/mol. The summed E-state index contributed by atoms with van der Waals surface area (Å²) in [6, 6.07) is 21.4. The van der Waals surface area contributed by atoms with Crippen LogP contribution in [0.2, 0.25) is 0 Å². The Morgan fingerprint density at radius 2 is 1.29 bits per heavy atom. The van der Waals surface area contributed by atoms with Gasteiger partial charge in [-0.1, -0.05) is 60.7 Å². The molecule has 0 saturated carbocycles. The van der Waals surface area contributed by atoms with Crippen molar-refractivity contribution in [2.45, 2.75) is 5.60 Å². The number of ether oxygens (including phenoxy) is 1. The molecule has 0 aliphatic heterocycles. The van der Waals surface area contributed by atoms with E-state index < -0.39 is 5.60 Å². The molecule has 17 heavy (non-hydrogen) atoms. The second-order valence-corrected chi connectivity index (χ2v) is 3.73. The Labute approximate surface area is 101 Å². The average Bonchev–Trinajstić information content (AvgIpc) is 2.43. The zero-order valence-electron chi connectivity index (χ0n) is 9.63. The van der Waals surface area contributed by atoms with Crippen LogP contribution in [-0.4, -0.2) is 7.11 Å². The molecule has 2 heteroatoms. The van der Waals surface area contributed by atoms with E-state index >= 15 is 0 Å². The van der Waals surface area contributed by atoms with Crippen molar-refractivity contribution in [1.82, 2.24) is 0 Å². The third-order valence-corrected chi connectivity index (χ3v) is 2.82. The van der Waals surface area contributed by atoms with Crippen LogP contribution in [0, 0.1) is 11.3 Å². The van der Waals surface area contributed by atoms with Gasteiger partial charge in [-0.05, 0) is 0 Å². The van der Waals surface area contributed by atoms with Crippen LogP contribution in [0.1, 0.15) is 11.1 Å². The summed E-state index contributed by atoms with van der Waals surface area (Å²) in [5, 5.41) is 9.51. The number of methoxy groups -OCH3 is 1. The Morgan fingerprint density at radius 3 is 1.59 bits per heavy atom. The molecule has 0 aromatic heterocycles. The normalized spacial score (nSPS) is 10.8. The van der Waals surface area contributed by atoms with Crippen LogP contribution < -0.4 is 0 Å². The number of rotatable bonds is 3. The summed E-state index contributed by atoms with van der Waals surface area (Å²) in [4.78, 5) is 0. The van der Waals surface area contributed by atoms with E-state index in [1.807, 2.05) is 60.7 Å². The molecule has 2 nitrogen and oxygen atoms in total. The maximum Gasteiger partial charge on any atom is 0.205 e. The second kappa shape index (κ2) is 4.82. The van der Waals surface area contributed by atoms with Crippen molar-refractivity contribution in [3.05, 3.63) is 71.8 Å². The minimum atomic E-state index is -1.03. The van der Waals surface area contributed by atoms with E-state index in [9.17, 15) is 5.26 Å². The topological polar surface area (TPSA) is 33.0 Å². The largest absolute Gasteiger partial charge is 0.355 e. The van der Waals surface area contributed by atoms with Crippen molar-refractivity contribution < 1.29 is 4.74 Å². The van der Waals surface area contributed by atoms with E-state index in [1.54, 1.807) is 7.11 Å². The first-order valence-corrected chi connectivity index (χ1v) is 5.41. The molecule has 84 valence electrons. The Kier molecular flexibility index (Phi) is 3.22. The lowest BCUT2D eigenvalue weighted by molar-refractivity contribution is 0.0723. The Hall–Kier alpha value is -2.11. The van der Waals surface area contributed by atoms with E-state index in [4.69, 9.17) is 4.74 Å². The third kappa shape index (κ3) is 1.93. The minimum absolute atomic E-state index is 0.844. The van der Waals surface area contributed by atoms with Crippen LogP contribution >= 0.6 is 0 Å². The molecule has 2 rings (SSSR count). The fraction of sp³-hybridized carbons (Fsp3) is 0.133. The first-order chi connectivity index (χ1) is 8.33. The van der Waals surface area contributed by atoms with E-state index in [0.717, 1.165) is 11.1 Å². The molecular formula is C15H13NO. The van der Waals surface area contributed by atoms with E-state index in [1.165, 1.54) is 0 Å². The highest BCUT2D eigenvalue weighted by molar-refractivity contribution is 5.42. The quantitative estimate of drug-likeness (QED) is 0.801. The van der Waals surface area contributed by atoms with Crippen molar-refractivity contribution in [2.24, 2.45) is 0 Å². The number of nitriles is 1. The van der Waals surface area contributed by atoms with E-state index in [-0.39, 0.29) is 0 Å². The van der Waals surface area contributed by atoms with E-state index in [0.29, 0.717) is 0 Å². The Balaban J connectivity index is 2.60. The van der Waals surface area contributed by atoms with Gasteiger partial charge >= 0.3 is 0 Å². The lowest BCUT2D eigenvalue weighted by Crippen LogP contribution is -2.27. The van der Waals surface area contributed by atoms with Gasteiger partial charge in [0, 0.05) is 18.2 Å². The van der Waals surface area contributed by atoms with Gasteiger partial charge in [-0.25, -0.2) is 0 Å². The Bertz CT molecular complexity index is 474. The summed E-state index contributed by atoms with van der Waals surface area (Å²) in [6.07, 6.45) is 0. The molecule has 0 heterocycles. The zero-order chi connectivity index (χ0) is 12.1. The minimum Gasteiger partial charge on any atom is -0.355 e. The summed E-state index contributed by atoms with van der Waals surface area (Å²) < 4.78 is 5.50. The summed E-state index contributed by atoms with van der Waals surface area (Å²) in [5.74, 6) is 0. The fourth-order valence-corrected chi connectivity index (χ4v) is 1.92. The summed E-state index contributed by atoms with van der Waals surface area (Å²) in [7, 11) is 1.56. The highest BCUT2D eigenvalue weighted by atomic mass is 16.5. The van der Waals surface area contributed by atoms with Crippen LogP contribution in [-0.2, 0) is 10.3 Å². The molecular weight excluding hydrogens is 210 g/mol. The first kappa shape index (κ1) is 11.4. The fourth-order valence-electron chi connectivity index (χ4n) is 1.92. The standard InChI is InChI=1S/C15H13NO/c1-17-15(12-16,13-8-4-2-5-9-13)14-10-6-3-7-11-14/h2-11H,1H3. The predicted octanol–water partition coefficient (Wildman–Crippen LogP) is 3.10.